The Hall–Kier alpha value is -2.17. The van der Waals surface area contributed by atoms with Crippen LogP contribution < -0.4 is 5.32 Å². The first-order valence-electron chi connectivity index (χ1n) is 7.05. The van der Waals surface area contributed by atoms with Crippen molar-refractivity contribution in [1.82, 2.24) is 10.2 Å². The molecule has 0 aromatic heterocycles. The van der Waals surface area contributed by atoms with Gasteiger partial charge in [-0.2, -0.15) is 0 Å². The van der Waals surface area contributed by atoms with Crippen molar-refractivity contribution >= 4 is 17.9 Å². The second-order valence-corrected chi connectivity index (χ2v) is 5.14. The van der Waals surface area contributed by atoms with Gasteiger partial charge in [0.05, 0.1) is 0 Å². The molecule has 5 heteroatoms. The van der Waals surface area contributed by atoms with Crippen LogP contribution in [0.25, 0.3) is 6.08 Å². The Morgan fingerprint density at radius 2 is 1.95 bits per heavy atom. The largest absolute Gasteiger partial charge is 0.350 e. The molecule has 1 aliphatic rings. The van der Waals surface area contributed by atoms with Crippen LogP contribution in [-0.4, -0.2) is 35.8 Å². The predicted molar refractivity (Wildman–Crippen MR) is 78.9 cm³/mol. The summed E-state index contributed by atoms with van der Waals surface area (Å²) in [5.41, 5.74) is 0.388. The first kappa shape index (κ1) is 15.2. The lowest BCUT2D eigenvalue weighted by Gasteiger charge is -2.31. The maximum absolute atomic E-state index is 13.4. The minimum absolute atomic E-state index is 0.0679. The van der Waals surface area contributed by atoms with E-state index in [4.69, 9.17) is 0 Å². The Balaban J connectivity index is 1.83. The number of hydrogen-bond donors (Lipinski definition) is 1. The number of carbonyl (C=O) groups is 2. The Morgan fingerprint density at radius 1 is 1.29 bits per heavy atom. The number of likely N-dealkylation sites (tertiary alicyclic amines) is 1. The molecule has 1 aliphatic heterocycles. The lowest BCUT2D eigenvalue weighted by atomic mass is 10.0. The number of nitrogens with zero attached hydrogens (tertiary/aromatic N) is 1. The highest BCUT2D eigenvalue weighted by atomic mass is 19.1. The highest BCUT2D eigenvalue weighted by molar-refractivity contribution is 5.91. The van der Waals surface area contributed by atoms with Crippen LogP contribution in [0.2, 0.25) is 0 Å². The van der Waals surface area contributed by atoms with Crippen molar-refractivity contribution in [3.63, 3.8) is 0 Å². The van der Waals surface area contributed by atoms with Crippen molar-refractivity contribution in [2.45, 2.75) is 25.8 Å². The maximum Gasteiger partial charge on any atom is 0.244 e. The molecule has 1 heterocycles. The Morgan fingerprint density at radius 3 is 2.57 bits per heavy atom. The second kappa shape index (κ2) is 7.02. The summed E-state index contributed by atoms with van der Waals surface area (Å²) >= 11 is 0. The van der Waals surface area contributed by atoms with Crippen molar-refractivity contribution in [2.75, 3.05) is 13.1 Å². The molecule has 0 saturated carbocycles. The second-order valence-electron chi connectivity index (χ2n) is 5.14. The van der Waals surface area contributed by atoms with Crippen LogP contribution in [0.4, 0.5) is 4.39 Å². The predicted octanol–water partition coefficient (Wildman–Crippen LogP) is 1.97. The highest BCUT2D eigenvalue weighted by Gasteiger charge is 2.21. The molecule has 112 valence electrons. The molecule has 2 amide bonds. The van der Waals surface area contributed by atoms with E-state index in [0.29, 0.717) is 18.7 Å². The molecular weight excluding hydrogens is 271 g/mol. The van der Waals surface area contributed by atoms with Crippen molar-refractivity contribution in [1.29, 1.82) is 0 Å². The van der Waals surface area contributed by atoms with E-state index in [-0.39, 0.29) is 23.7 Å². The minimum atomic E-state index is -0.351. The zero-order valence-corrected chi connectivity index (χ0v) is 12.0. The maximum atomic E-state index is 13.4. The number of amides is 2. The fourth-order valence-electron chi connectivity index (χ4n) is 2.36. The van der Waals surface area contributed by atoms with Gasteiger partial charge >= 0.3 is 0 Å². The molecule has 1 saturated heterocycles. The van der Waals surface area contributed by atoms with Gasteiger partial charge < -0.3 is 10.2 Å². The van der Waals surface area contributed by atoms with Crippen LogP contribution in [0.15, 0.2) is 30.3 Å². The van der Waals surface area contributed by atoms with E-state index in [0.717, 1.165) is 12.8 Å². The van der Waals surface area contributed by atoms with Gasteiger partial charge in [0.1, 0.15) is 5.82 Å². The first-order chi connectivity index (χ1) is 10.1. The van der Waals surface area contributed by atoms with Crippen molar-refractivity contribution < 1.29 is 14.0 Å². The molecule has 0 aliphatic carbocycles. The number of carbonyl (C=O) groups excluding carboxylic acids is 2. The average molecular weight is 290 g/mol. The summed E-state index contributed by atoms with van der Waals surface area (Å²) in [6.45, 7) is 2.88. The number of benzene rings is 1. The number of halogens is 1. The van der Waals surface area contributed by atoms with Gasteiger partial charge in [-0.3, -0.25) is 9.59 Å². The summed E-state index contributed by atoms with van der Waals surface area (Å²) in [4.78, 5) is 24.8. The summed E-state index contributed by atoms with van der Waals surface area (Å²) in [7, 11) is 0. The topological polar surface area (TPSA) is 49.4 Å². The third kappa shape index (κ3) is 4.41. The molecule has 0 unspecified atom stereocenters. The number of hydrogen-bond acceptors (Lipinski definition) is 2. The Labute approximate surface area is 123 Å². The van der Waals surface area contributed by atoms with Crippen LogP contribution in [-0.2, 0) is 9.59 Å². The summed E-state index contributed by atoms with van der Waals surface area (Å²) in [5.74, 6) is -0.518. The molecule has 0 radical (unpaired) electrons. The monoisotopic (exact) mass is 290 g/mol. The van der Waals surface area contributed by atoms with Gasteiger partial charge in [0.2, 0.25) is 11.8 Å². The van der Waals surface area contributed by atoms with Crippen LogP contribution in [0.1, 0.15) is 25.3 Å². The Bertz CT molecular complexity index is 549. The van der Waals surface area contributed by atoms with E-state index in [1.807, 2.05) is 0 Å². The number of piperidine rings is 1. The lowest BCUT2D eigenvalue weighted by molar-refractivity contribution is -0.129. The molecule has 1 N–H and O–H groups in total. The summed E-state index contributed by atoms with van der Waals surface area (Å²) in [6.07, 6.45) is 4.31. The van der Waals surface area contributed by atoms with Gasteiger partial charge in [0, 0.05) is 37.7 Å². The lowest BCUT2D eigenvalue weighted by Crippen LogP contribution is -2.45. The fraction of sp³-hybridized carbons (Fsp3) is 0.375. The normalized spacial score (nSPS) is 16.2. The molecule has 1 aromatic carbocycles. The first-order valence-corrected chi connectivity index (χ1v) is 7.05. The van der Waals surface area contributed by atoms with Crippen LogP contribution in [0.5, 0.6) is 0 Å². The summed E-state index contributed by atoms with van der Waals surface area (Å²) < 4.78 is 13.4. The molecule has 0 bridgehead atoms. The summed E-state index contributed by atoms with van der Waals surface area (Å²) in [6, 6.07) is 6.37. The molecule has 21 heavy (non-hydrogen) atoms. The van der Waals surface area contributed by atoms with Crippen molar-refractivity contribution in [2.24, 2.45) is 0 Å². The van der Waals surface area contributed by atoms with E-state index in [1.54, 1.807) is 30.0 Å². The number of rotatable bonds is 3. The van der Waals surface area contributed by atoms with Gasteiger partial charge in [-0.1, -0.05) is 18.2 Å². The molecule has 1 fully saturated rings. The average Bonchev–Trinajstić information content (AvgIpc) is 2.47. The summed E-state index contributed by atoms with van der Waals surface area (Å²) in [5, 5.41) is 2.88. The third-order valence-corrected chi connectivity index (χ3v) is 3.61. The fourth-order valence-corrected chi connectivity index (χ4v) is 2.36. The molecular formula is C16H19FN2O2. The quantitative estimate of drug-likeness (QED) is 0.865. The van der Waals surface area contributed by atoms with Gasteiger partial charge in [-0.25, -0.2) is 4.39 Å². The van der Waals surface area contributed by atoms with E-state index >= 15 is 0 Å². The molecule has 0 spiro atoms. The molecule has 4 nitrogen and oxygen atoms in total. The smallest absolute Gasteiger partial charge is 0.244 e. The van der Waals surface area contributed by atoms with Crippen LogP contribution in [0, 0.1) is 5.82 Å². The SMILES string of the molecule is CC(=O)N1CCC(NC(=O)/C=C\c2ccccc2F)CC1. The van der Waals surface area contributed by atoms with E-state index < -0.39 is 0 Å². The zero-order valence-electron chi connectivity index (χ0n) is 12.0. The van der Waals surface area contributed by atoms with E-state index in [9.17, 15) is 14.0 Å². The molecule has 2 rings (SSSR count). The van der Waals surface area contributed by atoms with Gasteiger partial charge in [-0.15, -0.1) is 0 Å². The third-order valence-electron chi connectivity index (χ3n) is 3.61. The van der Waals surface area contributed by atoms with Crippen molar-refractivity contribution in [3.8, 4) is 0 Å². The zero-order chi connectivity index (χ0) is 15.2. The minimum Gasteiger partial charge on any atom is -0.350 e. The Kier molecular flexibility index (Phi) is 5.09. The highest BCUT2D eigenvalue weighted by Crippen LogP contribution is 2.11. The standard InChI is InChI=1S/C16H19FN2O2/c1-12(20)19-10-8-14(9-11-19)18-16(21)7-6-13-4-2-3-5-15(13)17/h2-7,14H,8-11H2,1H3,(H,18,21)/b7-6-. The van der Waals surface area contributed by atoms with Crippen LogP contribution in [0.3, 0.4) is 0 Å². The number of nitrogens with one attached hydrogen (secondary N) is 1. The van der Waals surface area contributed by atoms with Crippen molar-refractivity contribution in [3.05, 3.63) is 41.7 Å². The van der Waals surface area contributed by atoms with E-state index in [2.05, 4.69) is 5.32 Å². The van der Waals surface area contributed by atoms with Gasteiger partial charge in [0.25, 0.3) is 0 Å². The van der Waals surface area contributed by atoms with Gasteiger partial charge in [-0.05, 0) is 25.0 Å². The van der Waals surface area contributed by atoms with Crippen LogP contribution >= 0.6 is 0 Å². The van der Waals surface area contributed by atoms with E-state index in [1.165, 1.54) is 18.2 Å². The molecule has 1 aromatic rings. The molecule has 0 atom stereocenters. The van der Waals surface area contributed by atoms with Gasteiger partial charge in [0.15, 0.2) is 0 Å².